The van der Waals surface area contributed by atoms with Crippen LogP contribution in [0.5, 0.6) is 0 Å². The molecule has 1 amide bonds. The van der Waals surface area contributed by atoms with Crippen LogP contribution in [-0.2, 0) is 17.6 Å². The SMILES string of the molecule is CCc1cc2c(c(C(O)c3ccccc3C)c1)NC(=O)C2. The molecule has 3 heteroatoms. The highest BCUT2D eigenvalue weighted by molar-refractivity contribution is 6.00. The van der Waals surface area contributed by atoms with E-state index >= 15 is 0 Å². The number of carbonyl (C=O) groups is 1. The molecular weight excluding hydrogens is 262 g/mol. The molecule has 0 aromatic heterocycles. The zero-order chi connectivity index (χ0) is 15.0. The number of aliphatic hydroxyl groups is 1. The maximum Gasteiger partial charge on any atom is 0.228 e. The van der Waals surface area contributed by atoms with Crippen LogP contribution < -0.4 is 5.32 Å². The van der Waals surface area contributed by atoms with Crippen LogP contribution in [-0.4, -0.2) is 11.0 Å². The summed E-state index contributed by atoms with van der Waals surface area (Å²) >= 11 is 0. The van der Waals surface area contributed by atoms with Gasteiger partial charge in [0.1, 0.15) is 6.10 Å². The van der Waals surface area contributed by atoms with E-state index in [0.29, 0.717) is 6.42 Å². The first-order valence-corrected chi connectivity index (χ1v) is 7.29. The Kier molecular flexibility index (Phi) is 3.52. The molecule has 0 radical (unpaired) electrons. The number of carbonyl (C=O) groups excluding carboxylic acids is 1. The van der Waals surface area contributed by atoms with Gasteiger partial charge in [0.15, 0.2) is 0 Å². The van der Waals surface area contributed by atoms with Crippen molar-refractivity contribution in [2.75, 3.05) is 5.32 Å². The quantitative estimate of drug-likeness (QED) is 0.908. The molecule has 0 spiro atoms. The Labute approximate surface area is 124 Å². The second-order valence-electron chi connectivity index (χ2n) is 5.56. The van der Waals surface area contributed by atoms with Crippen molar-refractivity contribution >= 4 is 11.6 Å². The van der Waals surface area contributed by atoms with Crippen molar-refractivity contribution in [3.63, 3.8) is 0 Å². The van der Waals surface area contributed by atoms with Gasteiger partial charge in [0.25, 0.3) is 0 Å². The molecule has 0 saturated heterocycles. The number of rotatable bonds is 3. The average molecular weight is 281 g/mol. The molecule has 1 unspecified atom stereocenters. The number of fused-ring (bicyclic) bond motifs is 1. The molecule has 1 atom stereocenters. The van der Waals surface area contributed by atoms with Gasteiger partial charge in [0.2, 0.25) is 5.91 Å². The Morgan fingerprint density at radius 2 is 2.00 bits per heavy atom. The summed E-state index contributed by atoms with van der Waals surface area (Å²) in [5.74, 6) is -0.00325. The maximum absolute atomic E-state index is 11.7. The highest BCUT2D eigenvalue weighted by Crippen LogP contribution is 2.36. The van der Waals surface area contributed by atoms with Gasteiger partial charge in [-0.25, -0.2) is 0 Å². The third-order valence-corrected chi connectivity index (χ3v) is 4.11. The minimum absolute atomic E-state index is 0.00325. The highest BCUT2D eigenvalue weighted by Gasteiger charge is 2.25. The van der Waals surface area contributed by atoms with Crippen molar-refractivity contribution in [1.29, 1.82) is 0 Å². The molecule has 1 aliphatic heterocycles. The van der Waals surface area contributed by atoms with Crippen LogP contribution in [0.4, 0.5) is 5.69 Å². The van der Waals surface area contributed by atoms with E-state index in [9.17, 15) is 9.90 Å². The first kappa shape index (κ1) is 13.8. The molecule has 2 aromatic rings. The summed E-state index contributed by atoms with van der Waals surface area (Å²) in [5, 5.41) is 13.7. The van der Waals surface area contributed by atoms with Crippen LogP contribution in [0.25, 0.3) is 0 Å². The van der Waals surface area contributed by atoms with Crippen LogP contribution in [0.3, 0.4) is 0 Å². The number of benzene rings is 2. The van der Waals surface area contributed by atoms with E-state index in [1.807, 2.05) is 37.3 Å². The molecule has 1 aliphatic rings. The fourth-order valence-corrected chi connectivity index (χ4v) is 2.92. The van der Waals surface area contributed by atoms with Crippen LogP contribution in [0.15, 0.2) is 36.4 Å². The molecule has 3 nitrogen and oxygen atoms in total. The summed E-state index contributed by atoms with van der Waals surface area (Å²) in [4.78, 5) is 11.7. The van der Waals surface area contributed by atoms with Gasteiger partial charge in [0, 0.05) is 5.56 Å². The molecule has 0 fully saturated rings. The Morgan fingerprint density at radius 3 is 2.71 bits per heavy atom. The number of anilines is 1. The van der Waals surface area contributed by atoms with Crippen LogP contribution >= 0.6 is 0 Å². The Bertz CT molecular complexity index is 706. The van der Waals surface area contributed by atoms with Gasteiger partial charge in [-0.05, 0) is 35.6 Å². The minimum Gasteiger partial charge on any atom is -0.384 e. The highest BCUT2D eigenvalue weighted by atomic mass is 16.3. The molecule has 1 heterocycles. The summed E-state index contributed by atoms with van der Waals surface area (Å²) in [7, 11) is 0. The largest absolute Gasteiger partial charge is 0.384 e. The van der Waals surface area contributed by atoms with Gasteiger partial charge in [-0.1, -0.05) is 43.3 Å². The normalized spacial score (nSPS) is 14.7. The second-order valence-corrected chi connectivity index (χ2v) is 5.56. The Hall–Kier alpha value is -2.13. The molecule has 2 N–H and O–H groups in total. The number of aryl methyl sites for hydroxylation is 2. The standard InChI is InChI=1S/C18H19NO2/c1-3-12-8-13-10-16(20)19-17(13)15(9-12)18(21)14-7-5-4-6-11(14)2/h4-9,18,21H,3,10H2,1-2H3,(H,19,20). The van der Waals surface area contributed by atoms with E-state index in [2.05, 4.69) is 18.3 Å². The van der Waals surface area contributed by atoms with Gasteiger partial charge in [-0.2, -0.15) is 0 Å². The van der Waals surface area contributed by atoms with Crippen molar-refractivity contribution in [2.45, 2.75) is 32.8 Å². The van der Waals surface area contributed by atoms with Crippen LogP contribution in [0.2, 0.25) is 0 Å². The van der Waals surface area contributed by atoms with Gasteiger partial charge < -0.3 is 10.4 Å². The lowest BCUT2D eigenvalue weighted by atomic mass is 9.92. The fraction of sp³-hybridized carbons (Fsp3) is 0.278. The van der Waals surface area contributed by atoms with E-state index in [4.69, 9.17) is 0 Å². The predicted molar refractivity (Wildman–Crippen MR) is 83.4 cm³/mol. The van der Waals surface area contributed by atoms with Gasteiger partial charge in [0.05, 0.1) is 12.1 Å². The summed E-state index contributed by atoms with van der Waals surface area (Å²) in [6, 6.07) is 11.9. The molecular formula is C18H19NO2. The van der Waals surface area contributed by atoms with Gasteiger partial charge in [-0.3, -0.25) is 4.79 Å². The molecule has 0 saturated carbocycles. The number of aliphatic hydroxyl groups excluding tert-OH is 1. The summed E-state index contributed by atoms with van der Waals surface area (Å²) in [5.41, 5.74) is 5.64. The van der Waals surface area contributed by atoms with Crippen molar-refractivity contribution in [1.82, 2.24) is 0 Å². The van der Waals surface area contributed by atoms with E-state index in [-0.39, 0.29) is 5.91 Å². The van der Waals surface area contributed by atoms with Crippen molar-refractivity contribution in [2.24, 2.45) is 0 Å². The molecule has 3 rings (SSSR count). The van der Waals surface area contributed by atoms with E-state index in [1.165, 1.54) is 0 Å². The number of hydrogen-bond acceptors (Lipinski definition) is 2. The number of amides is 1. The lowest BCUT2D eigenvalue weighted by molar-refractivity contribution is -0.115. The summed E-state index contributed by atoms with van der Waals surface area (Å²) in [6.07, 6.45) is 0.566. The smallest absolute Gasteiger partial charge is 0.228 e. The van der Waals surface area contributed by atoms with Gasteiger partial charge in [-0.15, -0.1) is 0 Å². The van der Waals surface area contributed by atoms with Crippen molar-refractivity contribution < 1.29 is 9.90 Å². The van der Waals surface area contributed by atoms with E-state index in [0.717, 1.165) is 39.9 Å². The van der Waals surface area contributed by atoms with E-state index < -0.39 is 6.10 Å². The molecule has 21 heavy (non-hydrogen) atoms. The van der Waals surface area contributed by atoms with E-state index in [1.54, 1.807) is 0 Å². The lowest BCUT2D eigenvalue weighted by Gasteiger charge is -2.18. The predicted octanol–water partition coefficient (Wildman–Crippen LogP) is 3.13. The summed E-state index contributed by atoms with van der Waals surface area (Å²) in [6.45, 7) is 4.07. The number of hydrogen-bond donors (Lipinski definition) is 2. The third-order valence-electron chi connectivity index (χ3n) is 4.11. The van der Waals surface area contributed by atoms with Crippen molar-refractivity contribution in [3.8, 4) is 0 Å². The minimum atomic E-state index is -0.718. The first-order valence-electron chi connectivity index (χ1n) is 7.29. The zero-order valence-electron chi connectivity index (χ0n) is 12.3. The fourth-order valence-electron chi connectivity index (χ4n) is 2.92. The topological polar surface area (TPSA) is 49.3 Å². The number of nitrogens with one attached hydrogen (secondary N) is 1. The first-order chi connectivity index (χ1) is 10.1. The molecule has 0 bridgehead atoms. The molecule has 108 valence electrons. The zero-order valence-corrected chi connectivity index (χ0v) is 12.3. The molecule has 2 aromatic carbocycles. The average Bonchev–Trinajstić information content (AvgIpc) is 2.86. The Morgan fingerprint density at radius 1 is 1.24 bits per heavy atom. The monoisotopic (exact) mass is 281 g/mol. The third kappa shape index (κ3) is 2.45. The maximum atomic E-state index is 11.7. The van der Waals surface area contributed by atoms with Crippen molar-refractivity contribution in [3.05, 3.63) is 64.2 Å². The van der Waals surface area contributed by atoms with Gasteiger partial charge >= 0.3 is 0 Å². The van der Waals surface area contributed by atoms with Crippen LogP contribution in [0.1, 0.15) is 40.8 Å². The molecule has 0 aliphatic carbocycles. The Balaban J connectivity index is 2.12. The lowest BCUT2D eigenvalue weighted by Crippen LogP contribution is -2.08. The summed E-state index contributed by atoms with van der Waals surface area (Å²) < 4.78 is 0. The second kappa shape index (κ2) is 5.34. The van der Waals surface area contributed by atoms with Crippen LogP contribution in [0, 0.1) is 6.92 Å².